The number of hydrogen-bond donors (Lipinski definition) is 0. The molecular formula is C39H49F3O3SSi2. The van der Waals surface area contributed by atoms with Crippen molar-refractivity contribution in [1.29, 1.82) is 0 Å². The van der Waals surface area contributed by atoms with Crippen LogP contribution in [0.1, 0.15) is 56.2 Å². The van der Waals surface area contributed by atoms with Crippen molar-refractivity contribution in [2.75, 3.05) is 0 Å². The second-order valence-electron chi connectivity index (χ2n) is 13.8. The number of hydrogen-bond acceptors (Lipinski definition) is 3. The summed E-state index contributed by atoms with van der Waals surface area (Å²) in [7, 11) is -8.04. The molecule has 0 saturated carbocycles. The van der Waals surface area contributed by atoms with E-state index in [1.165, 1.54) is 47.7 Å². The van der Waals surface area contributed by atoms with E-state index >= 15 is 0 Å². The first-order valence-electron chi connectivity index (χ1n) is 16.3. The van der Waals surface area contributed by atoms with Gasteiger partial charge in [-0.1, -0.05) is 120 Å². The van der Waals surface area contributed by atoms with Crippen molar-refractivity contribution in [3.8, 4) is 29.2 Å². The second-order valence-corrected chi connectivity index (χ2v) is 24.9. The minimum Gasteiger partial charge on any atom is -0.376 e. The smallest absolute Gasteiger partial charge is 0.376 e. The fraction of sp³-hybridized carbons (Fsp3) is 0.385. The lowest BCUT2D eigenvalue weighted by atomic mass is 10.0. The summed E-state index contributed by atoms with van der Waals surface area (Å²) in [5.41, 5.74) is 4.45. The third-order valence-corrected chi connectivity index (χ3v) is 9.64. The second kappa shape index (κ2) is 17.8. The normalized spacial score (nSPS) is 11.7. The van der Waals surface area contributed by atoms with E-state index in [0.29, 0.717) is 5.39 Å². The summed E-state index contributed by atoms with van der Waals surface area (Å²) in [6.07, 6.45) is 11.9. The van der Waals surface area contributed by atoms with Gasteiger partial charge in [0, 0.05) is 5.56 Å². The topological polar surface area (TPSA) is 43.4 Å². The van der Waals surface area contributed by atoms with Gasteiger partial charge in [0.25, 0.3) is 0 Å². The Morgan fingerprint density at radius 1 is 0.688 bits per heavy atom. The number of fused-ring (bicyclic) bond motifs is 2. The van der Waals surface area contributed by atoms with Crippen LogP contribution in [0, 0.1) is 23.4 Å². The molecule has 0 N–H and O–H groups in total. The van der Waals surface area contributed by atoms with Crippen LogP contribution in [-0.2, 0) is 23.0 Å². The van der Waals surface area contributed by atoms with Crippen LogP contribution in [0.5, 0.6) is 5.75 Å². The molecule has 48 heavy (non-hydrogen) atoms. The van der Waals surface area contributed by atoms with Crippen LogP contribution in [0.3, 0.4) is 0 Å². The fourth-order valence-electron chi connectivity index (χ4n) is 4.20. The Morgan fingerprint density at radius 3 is 1.56 bits per heavy atom. The zero-order valence-electron chi connectivity index (χ0n) is 29.5. The Bertz CT molecular complexity index is 1870. The lowest BCUT2D eigenvalue weighted by Gasteiger charge is -2.10. The van der Waals surface area contributed by atoms with Crippen LogP contribution in [0.15, 0.2) is 72.8 Å². The number of alkyl halides is 3. The highest BCUT2D eigenvalue weighted by molar-refractivity contribution is 7.88. The third kappa shape index (κ3) is 14.3. The predicted octanol–water partition coefficient (Wildman–Crippen LogP) is 11.3. The van der Waals surface area contributed by atoms with Crippen LogP contribution in [-0.4, -0.2) is 30.1 Å². The van der Waals surface area contributed by atoms with Crippen molar-refractivity contribution in [3.63, 3.8) is 0 Å². The first-order chi connectivity index (χ1) is 22.3. The highest BCUT2D eigenvalue weighted by Crippen LogP contribution is 2.29. The average Bonchev–Trinajstić information content (AvgIpc) is 3.00. The van der Waals surface area contributed by atoms with Gasteiger partial charge >= 0.3 is 15.6 Å². The van der Waals surface area contributed by atoms with Gasteiger partial charge in [0.1, 0.15) is 21.9 Å². The third-order valence-electron chi connectivity index (χ3n) is 6.92. The Labute approximate surface area is 288 Å². The van der Waals surface area contributed by atoms with E-state index in [4.69, 9.17) is 6.42 Å². The first kappa shape index (κ1) is 40.7. The average molecular weight is 711 g/mol. The van der Waals surface area contributed by atoms with E-state index in [-0.39, 0.29) is 5.75 Å². The molecule has 0 fully saturated rings. The molecule has 4 aromatic carbocycles. The maximum Gasteiger partial charge on any atom is 0.534 e. The van der Waals surface area contributed by atoms with Gasteiger partial charge in [-0.15, -0.1) is 17.5 Å². The van der Waals surface area contributed by atoms with Crippen molar-refractivity contribution >= 4 is 47.8 Å². The molecule has 4 aromatic rings. The molecule has 0 heterocycles. The molecule has 0 aromatic heterocycles. The summed E-state index contributed by atoms with van der Waals surface area (Å²) < 4.78 is 63.0. The zero-order chi connectivity index (χ0) is 36.2. The van der Waals surface area contributed by atoms with Crippen LogP contribution < -0.4 is 4.18 Å². The van der Waals surface area contributed by atoms with E-state index in [0.717, 1.165) is 35.8 Å². The number of halogens is 3. The summed E-state index contributed by atoms with van der Waals surface area (Å²) in [6, 6.07) is 23.0. The fourth-order valence-corrected chi connectivity index (χ4v) is 5.18. The summed E-state index contributed by atoms with van der Waals surface area (Å²) in [5, 5.41) is 4.07. The molecule has 4 rings (SSSR count). The molecule has 0 saturated heterocycles. The van der Waals surface area contributed by atoms with Gasteiger partial charge in [-0.2, -0.15) is 21.6 Å². The quantitative estimate of drug-likeness (QED) is 0.0791. The molecule has 0 aliphatic carbocycles. The number of unbranched alkanes of at least 4 members (excludes halogenated alkanes) is 2. The van der Waals surface area contributed by atoms with Crippen LogP contribution >= 0.6 is 0 Å². The zero-order valence-corrected chi connectivity index (χ0v) is 32.3. The first-order valence-corrected chi connectivity index (χ1v) is 24.7. The van der Waals surface area contributed by atoms with E-state index < -0.39 is 31.8 Å². The Hall–Kier alpha value is -3.51. The molecule has 258 valence electrons. The molecular weight excluding hydrogens is 662 g/mol. The van der Waals surface area contributed by atoms with Gasteiger partial charge in [0.15, 0.2) is 0 Å². The van der Waals surface area contributed by atoms with E-state index in [1.807, 2.05) is 12.1 Å². The molecule has 0 aliphatic rings. The van der Waals surface area contributed by atoms with Crippen molar-refractivity contribution in [2.45, 2.75) is 97.2 Å². The van der Waals surface area contributed by atoms with Gasteiger partial charge in [-0.25, -0.2) is 0 Å². The largest absolute Gasteiger partial charge is 0.534 e. The van der Waals surface area contributed by atoms with Gasteiger partial charge in [-0.3, -0.25) is 0 Å². The van der Waals surface area contributed by atoms with E-state index in [2.05, 4.69) is 111 Å². The Balaban J connectivity index is 0.000000286. The van der Waals surface area contributed by atoms with Gasteiger partial charge in [0.05, 0.1) is 0 Å². The highest BCUT2D eigenvalue weighted by atomic mass is 32.2. The summed E-state index contributed by atoms with van der Waals surface area (Å²) >= 11 is 0. The summed E-state index contributed by atoms with van der Waals surface area (Å²) in [6.45, 7) is 17.6. The Morgan fingerprint density at radius 2 is 1.12 bits per heavy atom. The van der Waals surface area contributed by atoms with E-state index in [1.54, 1.807) is 12.1 Å². The predicted molar refractivity (Wildman–Crippen MR) is 203 cm³/mol. The molecule has 0 amide bonds. The number of benzene rings is 4. The van der Waals surface area contributed by atoms with Crippen LogP contribution in [0.2, 0.25) is 39.3 Å². The number of terminal acetylenes is 1. The minimum atomic E-state index is -5.64. The van der Waals surface area contributed by atoms with Crippen molar-refractivity contribution in [2.24, 2.45) is 0 Å². The molecule has 0 radical (unpaired) electrons. The molecule has 0 aliphatic heterocycles. The summed E-state index contributed by atoms with van der Waals surface area (Å²) in [5.74, 6) is 2.98. The standard InChI is InChI=1S/C19H24Si.C15H15F3O3S.C5H10Si/c1-5-6-7-16-8-10-19-15-17(9-11-18(19)14-16)12-13-20(2,3)4;1-2-3-4-11-5-6-13-10-14(8-7-12(13)9-11)21-22(19,20)15(16,17)18;1-5-6(2,3)4/h8-11,14-15H,5-7H2,1-4H3;5-10H,2-4H2,1H3;1H,2-4H3. The van der Waals surface area contributed by atoms with Crippen molar-refractivity contribution in [3.05, 3.63) is 89.5 Å². The molecule has 0 unspecified atom stereocenters. The SMILES string of the molecule is C#C[Si](C)(C)C.CCCCc1ccc2cc(C#C[Si](C)(C)C)ccc2c1.CCCCc1ccc2cc(OS(=O)(=O)C(F)(F)F)ccc2c1. The van der Waals surface area contributed by atoms with Crippen molar-refractivity contribution in [1.82, 2.24) is 0 Å². The minimum absolute atomic E-state index is 0.355. The van der Waals surface area contributed by atoms with Gasteiger partial charge < -0.3 is 4.18 Å². The summed E-state index contributed by atoms with van der Waals surface area (Å²) in [4.78, 5) is 0. The van der Waals surface area contributed by atoms with Crippen LogP contribution in [0.25, 0.3) is 21.5 Å². The maximum absolute atomic E-state index is 12.3. The highest BCUT2D eigenvalue weighted by Gasteiger charge is 2.48. The molecule has 9 heteroatoms. The van der Waals surface area contributed by atoms with E-state index in [9.17, 15) is 21.6 Å². The number of rotatable bonds is 8. The van der Waals surface area contributed by atoms with Gasteiger partial charge in [0.2, 0.25) is 0 Å². The molecule has 0 atom stereocenters. The van der Waals surface area contributed by atoms with Gasteiger partial charge in [-0.05, 0) is 82.6 Å². The van der Waals surface area contributed by atoms with Crippen molar-refractivity contribution < 1.29 is 25.8 Å². The monoisotopic (exact) mass is 710 g/mol. The molecule has 0 bridgehead atoms. The molecule has 3 nitrogen and oxygen atoms in total. The number of aryl methyl sites for hydroxylation is 2. The maximum atomic E-state index is 12.3. The Kier molecular flexibility index (Phi) is 15.0. The van der Waals surface area contributed by atoms with Crippen LogP contribution in [0.4, 0.5) is 13.2 Å². The molecule has 0 spiro atoms. The lowest BCUT2D eigenvalue weighted by Crippen LogP contribution is -2.28. The lowest BCUT2D eigenvalue weighted by molar-refractivity contribution is -0.0500.